The minimum absolute atomic E-state index is 0.135. The third kappa shape index (κ3) is 4.02. The van der Waals surface area contributed by atoms with Crippen LogP contribution in [0.15, 0.2) is 54.2 Å². The number of carbonyl (C=O) groups is 1. The first-order chi connectivity index (χ1) is 11.6. The van der Waals surface area contributed by atoms with Gasteiger partial charge >= 0.3 is 0 Å². The molecule has 3 nitrogen and oxygen atoms in total. The van der Waals surface area contributed by atoms with Crippen LogP contribution in [0.25, 0.3) is 10.4 Å². The second kappa shape index (κ2) is 7.31. The molecule has 1 N–H and O–H groups in total. The Morgan fingerprint density at radius 2 is 2.04 bits per heavy atom. The quantitative estimate of drug-likeness (QED) is 0.761. The summed E-state index contributed by atoms with van der Waals surface area (Å²) in [5, 5.41) is 4.71. The SMILES string of the molecule is O=C(Cc1ccc(F)cc1F)NCc1cncc(-c2cccs2)c1. The van der Waals surface area contributed by atoms with Crippen LogP contribution in [0.1, 0.15) is 11.1 Å². The largest absolute Gasteiger partial charge is 0.352 e. The van der Waals surface area contributed by atoms with Gasteiger partial charge in [-0.1, -0.05) is 12.1 Å². The van der Waals surface area contributed by atoms with E-state index in [0.29, 0.717) is 6.54 Å². The second-order valence-electron chi connectivity index (χ2n) is 5.25. The van der Waals surface area contributed by atoms with Gasteiger partial charge in [0.25, 0.3) is 0 Å². The van der Waals surface area contributed by atoms with Crippen LogP contribution in [0, 0.1) is 11.6 Å². The van der Waals surface area contributed by atoms with E-state index in [-0.39, 0.29) is 17.9 Å². The number of benzene rings is 1. The van der Waals surface area contributed by atoms with Crippen LogP contribution in [0.2, 0.25) is 0 Å². The van der Waals surface area contributed by atoms with Crippen molar-refractivity contribution in [3.63, 3.8) is 0 Å². The van der Waals surface area contributed by atoms with Crippen LogP contribution in [0.3, 0.4) is 0 Å². The molecule has 0 spiro atoms. The topological polar surface area (TPSA) is 42.0 Å². The van der Waals surface area contributed by atoms with E-state index in [0.717, 1.165) is 28.1 Å². The van der Waals surface area contributed by atoms with Gasteiger partial charge in [-0.25, -0.2) is 8.78 Å². The number of halogens is 2. The number of rotatable bonds is 5. The minimum atomic E-state index is -0.716. The van der Waals surface area contributed by atoms with E-state index in [1.807, 2.05) is 23.6 Å². The van der Waals surface area contributed by atoms with Gasteiger partial charge in [-0.05, 0) is 34.7 Å². The maximum absolute atomic E-state index is 13.6. The molecule has 0 bridgehead atoms. The predicted octanol–water partition coefficient (Wildman–Crippen LogP) is 3.95. The molecular formula is C18H14F2N2OS. The van der Waals surface area contributed by atoms with Gasteiger partial charge in [0.2, 0.25) is 5.91 Å². The standard InChI is InChI=1S/C18H14F2N2OS/c19-15-4-3-13(16(20)8-15)7-18(23)22-10-12-6-14(11-21-9-12)17-2-1-5-24-17/h1-6,8-9,11H,7,10H2,(H,22,23). The van der Waals surface area contributed by atoms with Gasteiger partial charge in [-0.15, -0.1) is 11.3 Å². The molecule has 0 saturated heterocycles. The lowest BCUT2D eigenvalue weighted by atomic mass is 10.1. The molecule has 0 aliphatic heterocycles. The Hall–Kier alpha value is -2.60. The summed E-state index contributed by atoms with van der Waals surface area (Å²) in [5.74, 6) is -1.71. The molecule has 0 aliphatic carbocycles. The second-order valence-corrected chi connectivity index (χ2v) is 6.20. The molecule has 0 fully saturated rings. The van der Waals surface area contributed by atoms with Crippen molar-refractivity contribution in [3.05, 3.63) is 76.9 Å². The van der Waals surface area contributed by atoms with Gasteiger partial charge in [0, 0.05) is 35.4 Å². The number of hydrogen-bond acceptors (Lipinski definition) is 3. The molecular weight excluding hydrogens is 330 g/mol. The zero-order chi connectivity index (χ0) is 16.9. The van der Waals surface area contributed by atoms with E-state index >= 15 is 0 Å². The average Bonchev–Trinajstić information content (AvgIpc) is 3.10. The molecule has 3 rings (SSSR count). The monoisotopic (exact) mass is 344 g/mol. The number of hydrogen-bond donors (Lipinski definition) is 1. The lowest BCUT2D eigenvalue weighted by Gasteiger charge is -2.07. The van der Waals surface area contributed by atoms with E-state index in [1.54, 1.807) is 23.7 Å². The smallest absolute Gasteiger partial charge is 0.224 e. The Balaban J connectivity index is 1.61. The van der Waals surface area contributed by atoms with Crippen molar-refractivity contribution in [3.8, 4) is 10.4 Å². The summed E-state index contributed by atoms with van der Waals surface area (Å²) < 4.78 is 26.4. The minimum Gasteiger partial charge on any atom is -0.352 e. The van der Waals surface area contributed by atoms with Crippen LogP contribution in [-0.2, 0) is 17.8 Å². The molecule has 0 saturated carbocycles. The van der Waals surface area contributed by atoms with Crippen molar-refractivity contribution in [2.45, 2.75) is 13.0 Å². The maximum Gasteiger partial charge on any atom is 0.224 e. The Morgan fingerprint density at radius 1 is 1.17 bits per heavy atom. The Morgan fingerprint density at radius 3 is 2.79 bits per heavy atom. The molecule has 1 aromatic carbocycles. The molecule has 2 aromatic heterocycles. The molecule has 0 atom stereocenters. The fourth-order valence-electron chi connectivity index (χ4n) is 2.26. The highest BCUT2D eigenvalue weighted by molar-refractivity contribution is 7.13. The summed E-state index contributed by atoms with van der Waals surface area (Å²) >= 11 is 1.61. The molecule has 122 valence electrons. The van der Waals surface area contributed by atoms with Gasteiger partial charge in [0.15, 0.2) is 0 Å². The number of pyridine rings is 1. The summed E-state index contributed by atoms with van der Waals surface area (Å²) in [6.45, 7) is 0.299. The van der Waals surface area contributed by atoms with Crippen molar-refractivity contribution in [2.75, 3.05) is 0 Å². The number of thiophene rings is 1. The van der Waals surface area contributed by atoms with E-state index in [4.69, 9.17) is 0 Å². The Labute approximate surface area is 142 Å². The summed E-state index contributed by atoms with van der Waals surface area (Å²) in [4.78, 5) is 17.2. The summed E-state index contributed by atoms with van der Waals surface area (Å²) in [5.41, 5.74) is 2.01. The molecule has 0 unspecified atom stereocenters. The zero-order valence-electron chi connectivity index (χ0n) is 12.6. The number of nitrogens with one attached hydrogen (secondary N) is 1. The van der Waals surface area contributed by atoms with Gasteiger partial charge < -0.3 is 5.32 Å². The lowest BCUT2D eigenvalue weighted by Crippen LogP contribution is -2.25. The first-order valence-electron chi connectivity index (χ1n) is 7.30. The van der Waals surface area contributed by atoms with E-state index < -0.39 is 11.6 Å². The summed E-state index contributed by atoms with van der Waals surface area (Å²) in [6, 6.07) is 9.12. The summed E-state index contributed by atoms with van der Waals surface area (Å²) in [7, 11) is 0. The van der Waals surface area contributed by atoms with Crippen LogP contribution in [0.4, 0.5) is 8.78 Å². The normalized spacial score (nSPS) is 10.6. The average molecular weight is 344 g/mol. The van der Waals surface area contributed by atoms with Crippen molar-refractivity contribution in [1.82, 2.24) is 10.3 Å². The van der Waals surface area contributed by atoms with Crippen LogP contribution in [0.5, 0.6) is 0 Å². The molecule has 3 aromatic rings. The van der Waals surface area contributed by atoms with Gasteiger partial charge in [-0.3, -0.25) is 9.78 Å². The highest BCUT2D eigenvalue weighted by Gasteiger charge is 2.09. The Kier molecular flexibility index (Phi) is 4.96. The van der Waals surface area contributed by atoms with E-state index in [1.165, 1.54) is 6.07 Å². The molecule has 1 amide bonds. The Bertz CT molecular complexity index is 850. The first kappa shape index (κ1) is 16.3. The van der Waals surface area contributed by atoms with Crippen LogP contribution in [-0.4, -0.2) is 10.9 Å². The number of amides is 1. The zero-order valence-corrected chi connectivity index (χ0v) is 13.4. The van der Waals surface area contributed by atoms with Crippen molar-refractivity contribution in [1.29, 1.82) is 0 Å². The van der Waals surface area contributed by atoms with Gasteiger partial charge in [0.05, 0.1) is 6.42 Å². The molecule has 0 aliphatic rings. The van der Waals surface area contributed by atoms with Crippen LogP contribution < -0.4 is 5.32 Å². The van der Waals surface area contributed by atoms with Crippen LogP contribution >= 0.6 is 11.3 Å². The molecule has 6 heteroatoms. The lowest BCUT2D eigenvalue weighted by molar-refractivity contribution is -0.120. The predicted molar refractivity (Wildman–Crippen MR) is 89.5 cm³/mol. The number of carbonyl (C=O) groups excluding carboxylic acids is 1. The van der Waals surface area contributed by atoms with E-state index in [9.17, 15) is 13.6 Å². The van der Waals surface area contributed by atoms with Crippen molar-refractivity contribution in [2.24, 2.45) is 0 Å². The third-order valence-electron chi connectivity index (χ3n) is 3.46. The number of aromatic nitrogens is 1. The molecule has 0 radical (unpaired) electrons. The van der Waals surface area contributed by atoms with Crippen molar-refractivity contribution >= 4 is 17.2 Å². The fraction of sp³-hybridized carbons (Fsp3) is 0.111. The highest BCUT2D eigenvalue weighted by Crippen LogP contribution is 2.24. The highest BCUT2D eigenvalue weighted by atomic mass is 32.1. The fourth-order valence-corrected chi connectivity index (χ4v) is 2.97. The van der Waals surface area contributed by atoms with Crippen molar-refractivity contribution < 1.29 is 13.6 Å². The molecule has 24 heavy (non-hydrogen) atoms. The molecule has 2 heterocycles. The maximum atomic E-state index is 13.6. The van der Waals surface area contributed by atoms with E-state index in [2.05, 4.69) is 10.3 Å². The number of nitrogens with zero attached hydrogens (tertiary/aromatic N) is 1. The third-order valence-corrected chi connectivity index (χ3v) is 4.38. The first-order valence-corrected chi connectivity index (χ1v) is 8.18. The van der Waals surface area contributed by atoms with Gasteiger partial charge in [-0.2, -0.15) is 0 Å². The van der Waals surface area contributed by atoms with Gasteiger partial charge in [0.1, 0.15) is 11.6 Å². The summed E-state index contributed by atoms with van der Waals surface area (Å²) in [6.07, 6.45) is 3.31.